The minimum Gasteiger partial charge on any atom is -0.368 e. The number of nitrogens with zero attached hydrogens (tertiary/aromatic N) is 3. The second-order valence-electron chi connectivity index (χ2n) is 5.83. The summed E-state index contributed by atoms with van der Waals surface area (Å²) in [5.41, 5.74) is 1.12. The lowest BCUT2D eigenvalue weighted by Crippen LogP contribution is -2.30. The maximum Gasteiger partial charge on any atom is 0.222 e. The Hall–Kier alpha value is -1.69. The van der Waals surface area contributed by atoms with Gasteiger partial charge in [-0.05, 0) is 26.3 Å². The van der Waals surface area contributed by atoms with E-state index in [1.54, 1.807) is 0 Å². The Kier molecular flexibility index (Phi) is 4.34. The summed E-state index contributed by atoms with van der Waals surface area (Å²) in [7, 11) is 0. The van der Waals surface area contributed by atoms with Crippen molar-refractivity contribution in [3.05, 3.63) is 17.6 Å². The number of aromatic nitrogens is 2. The summed E-state index contributed by atoms with van der Waals surface area (Å²) in [4.78, 5) is 22.5. The van der Waals surface area contributed by atoms with Crippen LogP contribution in [0.2, 0.25) is 0 Å². The second kappa shape index (κ2) is 6.39. The summed E-state index contributed by atoms with van der Waals surface area (Å²) in [5.74, 6) is 2.44. The molecule has 2 aliphatic heterocycles. The first-order chi connectivity index (χ1) is 10.2. The Balaban J connectivity index is 1.58. The Morgan fingerprint density at radius 2 is 2.38 bits per heavy atom. The van der Waals surface area contributed by atoms with Crippen LogP contribution in [-0.4, -0.2) is 53.5 Å². The van der Waals surface area contributed by atoms with E-state index >= 15 is 0 Å². The fourth-order valence-electron chi connectivity index (χ4n) is 3.06. The zero-order valence-electron chi connectivity index (χ0n) is 12.6. The van der Waals surface area contributed by atoms with Crippen molar-refractivity contribution in [3.8, 4) is 0 Å². The van der Waals surface area contributed by atoms with Gasteiger partial charge in [0.1, 0.15) is 11.6 Å². The Morgan fingerprint density at radius 3 is 3.10 bits per heavy atom. The number of carbonyl (C=O) groups is 1. The van der Waals surface area contributed by atoms with Gasteiger partial charge >= 0.3 is 0 Å². The molecule has 1 aromatic rings. The smallest absolute Gasteiger partial charge is 0.222 e. The van der Waals surface area contributed by atoms with Gasteiger partial charge in [-0.1, -0.05) is 0 Å². The molecule has 6 nitrogen and oxygen atoms in total. The molecule has 2 aliphatic rings. The van der Waals surface area contributed by atoms with Crippen molar-refractivity contribution >= 4 is 11.7 Å². The van der Waals surface area contributed by atoms with Gasteiger partial charge in [0.05, 0.1) is 5.69 Å². The van der Waals surface area contributed by atoms with Crippen molar-refractivity contribution < 1.29 is 4.79 Å². The number of hydrogen-bond acceptors (Lipinski definition) is 5. The quantitative estimate of drug-likeness (QED) is 0.842. The average molecular weight is 289 g/mol. The lowest BCUT2D eigenvalue weighted by Gasteiger charge is -2.16. The van der Waals surface area contributed by atoms with E-state index in [1.807, 2.05) is 11.8 Å². The molecule has 1 atom stereocenters. The van der Waals surface area contributed by atoms with E-state index in [2.05, 4.69) is 26.7 Å². The van der Waals surface area contributed by atoms with Crippen LogP contribution in [0.1, 0.15) is 36.7 Å². The monoisotopic (exact) mass is 289 g/mol. The second-order valence-corrected chi connectivity index (χ2v) is 5.83. The molecular weight excluding hydrogens is 266 g/mol. The Morgan fingerprint density at radius 1 is 1.48 bits per heavy atom. The van der Waals surface area contributed by atoms with Crippen molar-refractivity contribution in [3.63, 3.8) is 0 Å². The highest BCUT2D eigenvalue weighted by molar-refractivity contribution is 5.78. The van der Waals surface area contributed by atoms with Gasteiger partial charge in [-0.2, -0.15) is 0 Å². The van der Waals surface area contributed by atoms with Gasteiger partial charge in [-0.25, -0.2) is 9.97 Å². The van der Waals surface area contributed by atoms with E-state index in [-0.39, 0.29) is 5.91 Å². The van der Waals surface area contributed by atoms with Gasteiger partial charge in [-0.3, -0.25) is 4.79 Å². The molecule has 0 aromatic carbocycles. The zero-order valence-corrected chi connectivity index (χ0v) is 12.6. The normalized spacial score (nSPS) is 22.0. The summed E-state index contributed by atoms with van der Waals surface area (Å²) in [6.45, 7) is 6.38. The van der Waals surface area contributed by atoms with Crippen molar-refractivity contribution in [2.24, 2.45) is 0 Å². The van der Waals surface area contributed by atoms with Crippen molar-refractivity contribution in [1.82, 2.24) is 20.2 Å². The summed E-state index contributed by atoms with van der Waals surface area (Å²) in [6.07, 6.45) is 2.83. The Labute approximate surface area is 125 Å². The lowest BCUT2D eigenvalue weighted by atomic mass is 10.0. The van der Waals surface area contributed by atoms with Crippen LogP contribution < -0.4 is 10.6 Å². The molecule has 0 aliphatic carbocycles. The number of aryl methyl sites for hydroxylation is 1. The van der Waals surface area contributed by atoms with Gasteiger partial charge in [0.2, 0.25) is 5.91 Å². The average Bonchev–Trinajstić information content (AvgIpc) is 3.10. The van der Waals surface area contributed by atoms with E-state index in [0.717, 1.165) is 62.9 Å². The van der Waals surface area contributed by atoms with Gasteiger partial charge < -0.3 is 15.5 Å². The number of likely N-dealkylation sites (tertiary alicyclic amines) is 1. The van der Waals surface area contributed by atoms with E-state index < -0.39 is 0 Å². The van der Waals surface area contributed by atoms with Crippen molar-refractivity contribution in [1.29, 1.82) is 0 Å². The molecule has 3 rings (SSSR count). The standard InChI is InChI=1S/C15H23N5O/c1-11-18-13(12-4-5-16-10-12)9-14(19-11)17-6-8-20-7-2-3-15(20)21/h9,12,16H,2-8,10H2,1H3,(H,17,18,19). The van der Waals surface area contributed by atoms with Gasteiger partial charge in [-0.15, -0.1) is 0 Å². The first kappa shape index (κ1) is 14.3. The number of anilines is 1. The van der Waals surface area contributed by atoms with E-state index in [0.29, 0.717) is 12.3 Å². The van der Waals surface area contributed by atoms with Crippen LogP contribution in [-0.2, 0) is 4.79 Å². The summed E-state index contributed by atoms with van der Waals surface area (Å²) >= 11 is 0. The first-order valence-electron chi connectivity index (χ1n) is 7.80. The van der Waals surface area contributed by atoms with Crippen molar-refractivity contribution in [2.75, 3.05) is 38.0 Å². The van der Waals surface area contributed by atoms with Crippen LogP contribution in [0.15, 0.2) is 6.07 Å². The molecule has 3 heterocycles. The molecule has 2 N–H and O–H groups in total. The van der Waals surface area contributed by atoms with Crippen LogP contribution in [0.5, 0.6) is 0 Å². The topological polar surface area (TPSA) is 70.2 Å². The number of hydrogen-bond donors (Lipinski definition) is 2. The van der Waals surface area contributed by atoms with E-state index in [1.165, 1.54) is 0 Å². The van der Waals surface area contributed by atoms with Crippen LogP contribution in [0.25, 0.3) is 0 Å². The molecule has 1 unspecified atom stereocenters. The molecule has 1 amide bonds. The highest BCUT2D eigenvalue weighted by atomic mass is 16.2. The third kappa shape index (κ3) is 3.50. The molecule has 6 heteroatoms. The summed E-state index contributed by atoms with van der Waals surface area (Å²) in [6, 6.07) is 2.05. The minimum atomic E-state index is 0.272. The Bertz CT molecular complexity index is 513. The predicted octanol–water partition coefficient (Wildman–Crippen LogP) is 0.896. The minimum absolute atomic E-state index is 0.272. The molecule has 114 valence electrons. The maximum atomic E-state index is 11.6. The predicted molar refractivity (Wildman–Crippen MR) is 81.3 cm³/mol. The van der Waals surface area contributed by atoms with Gasteiger partial charge in [0.25, 0.3) is 0 Å². The molecule has 21 heavy (non-hydrogen) atoms. The third-order valence-electron chi connectivity index (χ3n) is 4.20. The van der Waals surface area contributed by atoms with Gasteiger partial charge in [0, 0.05) is 44.6 Å². The number of carbonyl (C=O) groups excluding carboxylic acids is 1. The molecule has 2 saturated heterocycles. The van der Waals surface area contributed by atoms with Crippen LogP contribution in [0.3, 0.4) is 0 Å². The molecule has 2 fully saturated rings. The highest BCUT2D eigenvalue weighted by Gasteiger charge is 2.20. The summed E-state index contributed by atoms with van der Waals surface area (Å²) in [5, 5.41) is 6.70. The van der Waals surface area contributed by atoms with E-state index in [4.69, 9.17) is 0 Å². The fraction of sp³-hybridized carbons (Fsp3) is 0.667. The highest BCUT2D eigenvalue weighted by Crippen LogP contribution is 2.22. The first-order valence-corrected chi connectivity index (χ1v) is 7.80. The van der Waals surface area contributed by atoms with Gasteiger partial charge in [0.15, 0.2) is 0 Å². The zero-order chi connectivity index (χ0) is 14.7. The van der Waals surface area contributed by atoms with E-state index in [9.17, 15) is 4.79 Å². The molecule has 0 saturated carbocycles. The summed E-state index contributed by atoms with van der Waals surface area (Å²) < 4.78 is 0. The van der Waals surface area contributed by atoms with Crippen LogP contribution in [0.4, 0.5) is 5.82 Å². The molecule has 0 bridgehead atoms. The fourth-order valence-corrected chi connectivity index (χ4v) is 3.06. The number of rotatable bonds is 5. The lowest BCUT2D eigenvalue weighted by molar-refractivity contribution is -0.127. The van der Waals surface area contributed by atoms with Crippen LogP contribution in [0, 0.1) is 6.92 Å². The largest absolute Gasteiger partial charge is 0.368 e. The molecular formula is C15H23N5O. The number of nitrogens with one attached hydrogen (secondary N) is 2. The third-order valence-corrected chi connectivity index (χ3v) is 4.20. The van der Waals surface area contributed by atoms with Crippen molar-refractivity contribution in [2.45, 2.75) is 32.1 Å². The maximum absolute atomic E-state index is 11.6. The molecule has 0 spiro atoms. The number of amides is 1. The van der Waals surface area contributed by atoms with Crippen LogP contribution >= 0.6 is 0 Å². The molecule has 0 radical (unpaired) electrons. The SMILES string of the molecule is Cc1nc(NCCN2CCCC2=O)cc(C2CCNC2)n1. The molecule has 1 aromatic heterocycles.